The van der Waals surface area contributed by atoms with Gasteiger partial charge in [-0.05, 0) is 43.7 Å². The summed E-state index contributed by atoms with van der Waals surface area (Å²) in [7, 11) is -3.84. The Morgan fingerprint density at radius 1 is 1.05 bits per heavy atom. The van der Waals surface area contributed by atoms with Crippen molar-refractivity contribution in [2.75, 3.05) is 5.73 Å². The number of hydrogen-bond acceptors (Lipinski definition) is 7. The predicted octanol–water partition coefficient (Wildman–Crippen LogP) is 2.45. The molecule has 0 fully saturated rings. The molecule has 9 nitrogen and oxygen atoms in total. The largest absolute Gasteiger partial charge is 0.375 e. The summed E-state index contributed by atoms with van der Waals surface area (Å²) in [5.74, 6) is -1.19. The van der Waals surface area contributed by atoms with Gasteiger partial charge in [-0.15, -0.1) is 0 Å². The van der Waals surface area contributed by atoms with Crippen molar-refractivity contribution in [1.82, 2.24) is 20.3 Å². The van der Waals surface area contributed by atoms with Crippen LogP contribution in [0.5, 0.6) is 0 Å². The number of nitrogens with two attached hydrogens (primary N) is 1. The monoisotopic (exact) mass is 541 g/mol. The van der Waals surface area contributed by atoms with E-state index >= 15 is 0 Å². The van der Waals surface area contributed by atoms with Gasteiger partial charge in [0.05, 0.1) is 22.4 Å². The van der Waals surface area contributed by atoms with E-state index < -0.39 is 28.0 Å². The van der Waals surface area contributed by atoms with E-state index in [1.165, 1.54) is 11.3 Å². The number of fused-ring (bicyclic) bond motifs is 1. The Labute approximate surface area is 220 Å². The highest BCUT2D eigenvalue weighted by Gasteiger charge is 2.30. The van der Waals surface area contributed by atoms with Crippen LogP contribution in [0.15, 0.2) is 60.7 Å². The van der Waals surface area contributed by atoms with E-state index in [1.807, 2.05) is 30.3 Å². The van der Waals surface area contributed by atoms with Gasteiger partial charge in [0.25, 0.3) is 0 Å². The van der Waals surface area contributed by atoms with E-state index in [0.29, 0.717) is 10.7 Å². The molecule has 0 aliphatic heterocycles. The fourth-order valence-electron chi connectivity index (χ4n) is 4.34. The third-order valence-electron chi connectivity index (χ3n) is 6.16. The molecule has 1 heterocycles. The summed E-state index contributed by atoms with van der Waals surface area (Å²) in [5.41, 5.74) is 8.16. The van der Waals surface area contributed by atoms with Crippen molar-refractivity contribution in [3.05, 3.63) is 82.4 Å². The second-order valence-electron chi connectivity index (χ2n) is 9.15. The molecule has 2 aromatic carbocycles. The molecule has 2 amide bonds. The number of sulfonamides is 1. The Morgan fingerprint density at radius 2 is 1.70 bits per heavy atom. The minimum atomic E-state index is -3.84. The van der Waals surface area contributed by atoms with Crippen molar-refractivity contribution >= 4 is 38.3 Å². The van der Waals surface area contributed by atoms with E-state index in [2.05, 4.69) is 20.3 Å². The fourth-order valence-corrected chi connectivity index (χ4v) is 6.65. The molecule has 1 aliphatic rings. The van der Waals surface area contributed by atoms with Gasteiger partial charge < -0.3 is 16.4 Å². The number of carbonyl (C=O) groups excluding carboxylic acids is 2. The number of aromatic nitrogens is 1. The van der Waals surface area contributed by atoms with Crippen LogP contribution < -0.4 is 21.1 Å². The number of rotatable bonds is 10. The molecule has 0 radical (unpaired) electrons. The Bertz CT molecular complexity index is 1330. The molecule has 37 heavy (non-hydrogen) atoms. The lowest BCUT2D eigenvalue weighted by Crippen LogP contribution is -2.53. The number of thiazole rings is 1. The summed E-state index contributed by atoms with van der Waals surface area (Å²) in [6.07, 6.45) is 2.61. The Morgan fingerprint density at radius 3 is 2.38 bits per heavy atom. The Hall–Kier alpha value is -3.28. The van der Waals surface area contributed by atoms with Gasteiger partial charge in [-0.1, -0.05) is 72.0 Å². The topological polar surface area (TPSA) is 143 Å². The molecular weight excluding hydrogens is 510 g/mol. The quantitative estimate of drug-likeness (QED) is 0.310. The van der Waals surface area contributed by atoms with E-state index in [9.17, 15) is 18.0 Å². The van der Waals surface area contributed by atoms with Crippen molar-refractivity contribution in [2.45, 2.75) is 56.5 Å². The average molecular weight is 542 g/mol. The molecule has 4 rings (SSSR count). The summed E-state index contributed by atoms with van der Waals surface area (Å²) >= 11 is 1.37. The number of amides is 2. The van der Waals surface area contributed by atoms with E-state index in [-0.39, 0.29) is 24.1 Å². The van der Waals surface area contributed by atoms with E-state index in [0.717, 1.165) is 35.4 Å². The molecule has 1 unspecified atom stereocenters. The van der Waals surface area contributed by atoms with Crippen molar-refractivity contribution in [1.29, 1.82) is 0 Å². The number of nitrogen functional groups attached to an aromatic ring is 1. The smallest absolute Gasteiger partial charge is 0.242 e. The second kappa shape index (κ2) is 11.8. The highest BCUT2D eigenvalue weighted by atomic mass is 32.2. The Kier molecular flexibility index (Phi) is 8.57. The van der Waals surface area contributed by atoms with Crippen LogP contribution in [0.1, 0.15) is 47.5 Å². The van der Waals surface area contributed by atoms with Crippen LogP contribution in [-0.2, 0) is 38.2 Å². The van der Waals surface area contributed by atoms with Crippen LogP contribution in [0.2, 0.25) is 0 Å². The minimum Gasteiger partial charge on any atom is -0.375 e. The molecule has 0 bridgehead atoms. The zero-order valence-corrected chi connectivity index (χ0v) is 22.1. The van der Waals surface area contributed by atoms with Gasteiger partial charge in [-0.2, -0.15) is 0 Å². The van der Waals surface area contributed by atoms with Crippen LogP contribution in [-0.4, -0.2) is 37.3 Å². The maximum absolute atomic E-state index is 13.2. The summed E-state index contributed by atoms with van der Waals surface area (Å²) in [6.45, 7) is 1.58. The SMILES string of the molecule is C[C@H](NC(=O)[C@@H](Cc1ccccc1)NS(=O)(=O)Cc1ccccc1)C(=O)NC1CCCc2nc(N)sc21. The maximum Gasteiger partial charge on any atom is 0.242 e. The normalized spacial score (nSPS) is 16.8. The zero-order chi connectivity index (χ0) is 26.4. The van der Waals surface area contributed by atoms with Gasteiger partial charge in [-0.3, -0.25) is 9.59 Å². The zero-order valence-electron chi connectivity index (χ0n) is 20.5. The molecule has 1 aliphatic carbocycles. The fraction of sp³-hybridized carbons (Fsp3) is 0.346. The maximum atomic E-state index is 13.2. The molecule has 196 valence electrons. The number of carbonyl (C=O) groups is 2. The molecule has 3 atom stereocenters. The van der Waals surface area contributed by atoms with Crippen molar-refractivity contribution in [3.8, 4) is 0 Å². The summed E-state index contributed by atoms with van der Waals surface area (Å²) in [4.78, 5) is 31.5. The lowest BCUT2D eigenvalue weighted by atomic mass is 9.98. The third kappa shape index (κ3) is 7.37. The molecule has 5 N–H and O–H groups in total. The highest BCUT2D eigenvalue weighted by molar-refractivity contribution is 7.88. The first-order valence-corrected chi connectivity index (χ1v) is 14.6. The van der Waals surface area contributed by atoms with Crippen LogP contribution in [0.4, 0.5) is 5.13 Å². The molecule has 0 spiro atoms. The number of hydrogen-bond donors (Lipinski definition) is 4. The average Bonchev–Trinajstić information content (AvgIpc) is 3.25. The first kappa shape index (κ1) is 26.8. The van der Waals surface area contributed by atoms with Gasteiger partial charge >= 0.3 is 0 Å². The van der Waals surface area contributed by atoms with Crippen molar-refractivity contribution < 1.29 is 18.0 Å². The molecule has 0 saturated carbocycles. The first-order valence-electron chi connectivity index (χ1n) is 12.1. The first-order chi connectivity index (χ1) is 17.7. The minimum absolute atomic E-state index is 0.140. The molecule has 3 aromatic rings. The van der Waals surface area contributed by atoms with Gasteiger partial charge in [0.2, 0.25) is 21.8 Å². The van der Waals surface area contributed by atoms with E-state index in [4.69, 9.17) is 5.73 Å². The van der Waals surface area contributed by atoms with Crippen molar-refractivity contribution in [3.63, 3.8) is 0 Å². The number of aryl methyl sites for hydroxylation is 1. The standard InChI is InChI=1S/C26H31N5O4S2/c1-17(24(32)29-20-13-8-14-21-23(20)36-26(27)30-21)28-25(33)22(15-18-9-4-2-5-10-18)31-37(34,35)16-19-11-6-3-7-12-19/h2-7,9-12,17,20,22,31H,8,13-16H2,1H3,(H2,27,30)(H,28,33)(H,29,32)/t17-,20?,22+/m0/s1. The van der Waals surface area contributed by atoms with Gasteiger partial charge in [0.15, 0.2) is 5.13 Å². The van der Waals surface area contributed by atoms with Crippen LogP contribution in [0.3, 0.4) is 0 Å². The van der Waals surface area contributed by atoms with Gasteiger partial charge in [-0.25, -0.2) is 18.1 Å². The number of benzene rings is 2. The summed E-state index contributed by atoms with van der Waals surface area (Å²) < 4.78 is 28.4. The van der Waals surface area contributed by atoms with Crippen molar-refractivity contribution in [2.24, 2.45) is 0 Å². The Balaban J connectivity index is 1.43. The lowest BCUT2D eigenvalue weighted by molar-refractivity contribution is -0.129. The van der Waals surface area contributed by atoms with Gasteiger partial charge in [0.1, 0.15) is 12.1 Å². The molecule has 11 heteroatoms. The summed E-state index contributed by atoms with van der Waals surface area (Å²) in [5, 5.41) is 6.15. The molecule has 0 saturated heterocycles. The number of nitrogens with zero attached hydrogens (tertiary/aromatic N) is 1. The molecular formula is C26H31N5O4S2. The van der Waals surface area contributed by atoms with Crippen LogP contribution in [0, 0.1) is 0 Å². The number of nitrogens with one attached hydrogen (secondary N) is 3. The van der Waals surface area contributed by atoms with Gasteiger partial charge in [0, 0.05) is 0 Å². The van der Waals surface area contributed by atoms with Crippen LogP contribution in [0.25, 0.3) is 0 Å². The predicted molar refractivity (Wildman–Crippen MR) is 144 cm³/mol. The van der Waals surface area contributed by atoms with E-state index in [1.54, 1.807) is 37.3 Å². The highest BCUT2D eigenvalue weighted by Crippen LogP contribution is 2.35. The third-order valence-corrected chi connectivity index (χ3v) is 8.55. The lowest BCUT2D eigenvalue weighted by Gasteiger charge is -2.25. The number of anilines is 1. The second-order valence-corrected chi connectivity index (χ2v) is 12.0. The molecule has 1 aromatic heterocycles. The van der Waals surface area contributed by atoms with Crippen LogP contribution >= 0.6 is 11.3 Å². The summed E-state index contributed by atoms with van der Waals surface area (Å²) in [6, 6.07) is 15.7.